The van der Waals surface area contributed by atoms with Crippen molar-refractivity contribution in [3.8, 4) is 0 Å². The van der Waals surface area contributed by atoms with E-state index >= 15 is 0 Å². The second-order valence-corrected chi connectivity index (χ2v) is 9.73. The number of ether oxygens (including phenoxy) is 1. The fourth-order valence-corrected chi connectivity index (χ4v) is 5.09. The lowest BCUT2D eigenvalue weighted by molar-refractivity contribution is -0.140. The molecule has 0 unspecified atom stereocenters. The van der Waals surface area contributed by atoms with Crippen molar-refractivity contribution in [2.45, 2.75) is 52.3 Å². The summed E-state index contributed by atoms with van der Waals surface area (Å²) < 4.78 is 29.5. The van der Waals surface area contributed by atoms with Gasteiger partial charge in [0.1, 0.15) is 5.60 Å². The van der Waals surface area contributed by atoms with Crippen molar-refractivity contribution in [3.05, 3.63) is 0 Å². The molecule has 0 aliphatic carbocycles. The van der Waals surface area contributed by atoms with Gasteiger partial charge >= 0.3 is 6.09 Å². The summed E-state index contributed by atoms with van der Waals surface area (Å²) in [7, 11) is -3.27. The van der Waals surface area contributed by atoms with Crippen LogP contribution < -0.4 is 0 Å². The van der Waals surface area contributed by atoms with Gasteiger partial charge in [0, 0.05) is 19.0 Å². The van der Waals surface area contributed by atoms with Crippen molar-refractivity contribution in [3.63, 3.8) is 0 Å². The SMILES string of the molecule is CC(C)C(=O)N1CCN(C(=O)OC(C)(C)C)[C@@H]2CS(=O)(=O)C[C@@H]21. The van der Waals surface area contributed by atoms with Gasteiger partial charge in [0.25, 0.3) is 0 Å². The van der Waals surface area contributed by atoms with Crippen LogP contribution in [0.25, 0.3) is 0 Å². The first-order valence-corrected chi connectivity index (χ1v) is 9.74. The van der Waals surface area contributed by atoms with Crippen LogP contribution in [0.4, 0.5) is 4.79 Å². The molecule has 2 saturated heterocycles. The molecule has 0 aromatic carbocycles. The molecule has 0 aromatic rings. The van der Waals surface area contributed by atoms with Gasteiger partial charge in [-0.1, -0.05) is 13.8 Å². The Kier molecular flexibility index (Phi) is 4.67. The molecule has 0 spiro atoms. The van der Waals surface area contributed by atoms with E-state index in [1.807, 2.05) is 0 Å². The van der Waals surface area contributed by atoms with Crippen molar-refractivity contribution in [2.24, 2.45) is 5.92 Å². The van der Waals surface area contributed by atoms with Crippen molar-refractivity contribution < 1.29 is 22.7 Å². The van der Waals surface area contributed by atoms with Gasteiger partial charge in [0.15, 0.2) is 9.84 Å². The summed E-state index contributed by atoms with van der Waals surface area (Å²) in [5.41, 5.74) is -0.644. The third kappa shape index (κ3) is 3.97. The van der Waals surface area contributed by atoms with E-state index in [0.717, 1.165) is 0 Å². The Labute approximate surface area is 137 Å². The second kappa shape index (κ2) is 5.96. The second-order valence-electron chi connectivity index (χ2n) is 7.57. The summed E-state index contributed by atoms with van der Waals surface area (Å²) >= 11 is 0. The van der Waals surface area contributed by atoms with Gasteiger partial charge in [-0.15, -0.1) is 0 Å². The lowest BCUT2D eigenvalue weighted by Gasteiger charge is -2.44. The Morgan fingerprint density at radius 3 is 2.00 bits per heavy atom. The molecule has 23 heavy (non-hydrogen) atoms. The van der Waals surface area contributed by atoms with Crippen molar-refractivity contribution in [1.82, 2.24) is 9.80 Å². The Morgan fingerprint density at radius 2 is 1.52 bits per heavy atom. The molecular formula is C15H26N2O5S. The van der Waals surface area contributed by atoms with Crippen LogP contribution >= 0.6 is 0 Å². The number of carbonyl (C=O) groups excluding carboxylic acids is 2. The minimum Gasteiger partial charge on any atom is -0.444 e. The van der Waals surface area contributed by atoms with Crippen LogP contribution in [0.2, 0.25) is 0 Å². The molecule has 2 atom stereocenters. The average molecular weight is 346 g/mol. The highest BCUT2D eigenvalue weighted by Gasteiger charge is 2.50. The van der Waals surface area contributed by atoms with Crippen LogP contribution in [0, 0.1) is 5.92 Å². The smallest absolute Gasteiger partial charge is 0.410 e. The van der Waals surface area contributed by atoms with Crippen molar-refractivity contribution in [2.75, 3.05) is 24.6 Å². The number of nitrogens with zero attached hydrogens (tertiary/aromatic N) is 2. The number of rotatable bonds is 1. The molecule has 132 valence electrons. The summed E-state index contributed by atoms with van der Waals surface area (Å²) in [5, 5.41) is 0. The number of fused-ring (bicyclic) bond motifs is 1. The minimum absolute atomic E-state index is 0.0686. The topological polar surface area (TPSA) is 84.0 Å². The molecule has 0 saturated carbocycles. The van der Waals surface area contributed by atoms with E-state index in [1.165, 1.54) is 4.90 Å². The van der Waals surface area contributed by atoms with E-state index in [0.29, 0.717) is 13.1 Å². The van der Waals surface area contributed by atoms with Crippen LogP contribution in [0.1, 0.15) is 34.6 Å². The number of piperazine rings is 1. The van der Waals surface area contributed by atoms with Crippen LogP contribution in [0.3, 0.4) is 0 Å². The van der Waals surface area contributed by atoms with E-state index in [-0.39, 0.29) is 23.3 Å². The van der Waals surface area contributed by atoms with Crippen LogP contribution in [-0.4, -0.2) is 72.5 Å². The third-order valence-corrected chi connectivity index (χ3v) is 5.78. The zero-order chi connectivity index (χ0) is 17.6. The van der Waals surface area contributed by atoms with Gasteiger partial charge in [0.05, 0.1) is 23.6 Å². The molecular weight excluding hydrogens is 320 g/mol. The van der Waals surface area contributed by atoms with Gasteiger partial charge in [-0.05, 0) is 20.8 Å². The standard InChI is InChI=1S/C15H26N2O5S/c1-10(2)13(18)16-6-7-17(14(19)22-15(3,4)5)12-9-23(20,21)8-11(12)16/h10-12H,6-9H2,1-5H3/t11-,12+/m0/s1. The first-order valence-electron chi connectivity index (χ1n) is 7.92. The molecule has 2 amide bonds. The number of hydrogen-bond donors (Lipinski definition) is 0. The quantitative estimate of drug-likeness (QED) is 0.704. The van der Waals surface area contributed by atoms with Crippen LogP contribution in [0.15, 0.2) is 0 Å². The molecule has 0 aromatic heterocycles. The first kappa shape index (κ1) is 18.0. The fraction of sp³-hybridized carbons (Fsp3) is 0.867. The molecule has 0 radical (unpaired) electrons. The van der Waals surface area contributed by atoms with Crippen LogP contribution in [0.5, 0.6) is 0 Å². The molecule has 0 bridgehead atoms. The molecule has 2 aliphatic rings. The van der Waals surface area contributed by atoms with Gasteiger partial charge in [-0.25, -0.2) is 13.2 Å². The highest BCUT2D eigenvalue weighted by molar-refractivity contribution is 7.91. The molecule has 2 fully saturated rings. The maximum atomic E-state index is 12.4. The maximum absolute atomic E-state index is 12.4. The van der Waals surface area contributed by atoms with Gasteiger partial charge < -0.3 is 14.5 Å². The van der Waals surface area contributed by atoms with E-state index in [4.69, 9.17) is 4.74 Å². The molecule has 0 N–H and O–H groups in total. The average Bonchev–Trinajstić information content (AvgIpc) is 2.68. The number of sulfone groups is 1. The normalized spacial score (nSPS) is 27.0. The van der Waals surface area contributed by atoms with E-state index in [2.05, 4.69) is 0 Å². The predicted octanol–water partition coefficient (Wildman–Crippen LogP) is 0.887. The lowest BCUT2D eigenvalue weighted by Crippen LogP contribution is -2.63. The van der Waals surface area contributed by atoms with E-state index in [1.54, 1.807) is 39.5 Å². The van der Waals surface area contributed by atoms with Gasteiger partial charge in [-0.3, -0.25) is 4.79 Å². The Hall–Kier alpha value is -1.31. The monoisotopic (exact) mass is 346 g/mol. The summed E-state index contributed by atoms with van der Waals surface area (Å²) in [6, 6.07) is -0.998. The molecule has 2 heterocycles. The van der Waals surface area contributed by atoms with E-state index < -0.39 is 33.6 Å². The number of amides is 2. The van der Waals surface area contributed by atoms with Gasteiger partial charge in [0.2, 0.25) is 5.91 Å². The Morgan fingerprint density at radius 1 is 1.04 bits per heavy atom. The molecule has 7 nitrogen and oxygen atoms in total. The fourth-order valence-electron chi connectivity index (χ4n) is 3.11. The highest BCUT2D eigenvalue weighted by Crippen LogP contribution is 2.29. The highest BCUT2D eigenvalue weighted by atomic mass is 32.2. The Bertz CT molecular complexity index is 593. The lowest BCUT2D eigenvalue weighted by atomic mass is 10.0. The third-order valence-electron chi connectivity index (χ3n) is 4.08. The first-order chi connectivity index (χ1) is 10.4. The molecule has 8 heteroatoms. The number of hydrogen-bond acceptors (Lipinski definition) is 5. The largest absolute Gasteiger partial charge is 0.444 e. The maximum Gasteiger partial charge on any atom is 0.410 e. The predicted molar refractivity (Wildman–Crippen MR) is 85.7 cm³/mol. The molecule has 2 aliphatic heterocycles. The summed E-state index contributed by atoms with van der Waals surface area (Å²) in [4.78, 5) is 27.8. The van der Waals surface area contributed by atoms with Crippen molar-refractivity contribution >= 4 is 21.8 Å². The molecule has 2 rings (SSSR count). The summed E-state index contributed by atoms with van der Waals surface area (Å²) in [6.45, 7) is 9.53. The zero-order valence-electron chi connectivity index (χ0n) is 14.4. The Balaban J connectivity index is 2.25. The zero-order valence-corrected chi connectivity index (χ0v) is 15.2. The number of carbonyl (C=O) groups is 2. The van der Waals surface area contributed by atoms with Crippen molar-refractivity contribution in [1.29, 1.82) is 0 Å². The van der Waals surface area contributed by atoms with Crippen LogP contribution in [-0.2, 0) is 19.4 Å². The minimum atomic E-state index is -3.27. The summed E-state index contributed by atoms with van der Waals surface area (Å²) in [6.07, 6.45) is -0.513. The van der Waals surface area contributed by atoms with Gasteiger partial charge in [-0.2, -0.15) is 0 Å². The summed E-state index contributed by atoms with van der Waals surface area (Å²) in [5.74, 6) is -0.471. The van der Waals surface area contributed by atoms with E-state index in [9.17, 15) is 18.0 Å².